The first-order valence-corrected chi connectivity index (χ1v) is 5.74. The van der Waals surface area contributed by atoms with E-state index < -0.39 is 0 Å². The Labute approximate surface area is 92.5 Å². The SMILES string of the molecule is C.CC(C)C(CCC(C)(C)C)C(C)C. The third kappa shape index (κ3) is 7.41. The average Bonchev–Trinajstić information content (AvgIpc) is 1.82. The molecule has 0 aliphatic heterocycles. The van der Waals surface area contributed by atoms with Gasteiger partial charge in [0, 0.05) is 0 Å². The molecule has 0 heteroatoms. The van der Waals surface area contributed by atoms with Gasteiger partial charge in [-0.2, -0.15) is 0 Å². The first kappa shape index (κ1) is 16.4. The van der Waals surface area contributed by atoms with Crippen LogP contribution >= 0.6 is 0 Å². The van der Waals surface area contributed by atoms with Gasteiger partial charge in [-0.05, 0) is 36.0 Å². The quantitative estimate of drug-likeness (QED) is 0.572. The van der Waals surface area contributed by atoms with Crippen LogP contribution in [0.5, 0.6) is 0 Å². The van der Waals surface area contributed by atoms with Crippen molar-refractivity contribution >= 4 is 0 Å². The summed E-state index contributed by atoms with van der Waals surface area (Å²) in [5.41, 5.74) is 0.502. The number of hydrogen-bond acceptors (Lipinski definition) is 0. The van der Waals surface area contributed by atoms with Crippen LogP contribution in [0.25, 0.3) is 0 Å². The van der Waals surface area contributed by atoms with Gasteiger partial charge in [0.2, 0.25) is 0 Å². The first-order chi connectivity index (χ1) is 5.74. The Hall–Kier alpha value is 0. The lowest BCUT2D eigenvalue weighted by Crippen LogP contribution is -2.18. The maximum atomic E-state index is 2.35. The van der Waals surface area contributed by atoms with Crippen LogP contribution in [0.3, 0.4) is 0 Å². The Balaban J connectivity index is 0. The van der Waals surface area contributed by atoms with Crippen molar-refractivity contribution in [1.29, 1.82) is 0 Å². The molecule has 0 rings (SSSR count). The van der Waals surface area contributed by atoms with Gasteiger partial charge < -0.3 is 0 Å². The molecular weight excluding hydrogens is 168 g/mol. The van der Waals surface area contributed by atoms with Crippen molar-refractivity contribution < 1.29 is 0 Å². The molecular formula is C14H32. The van der Waals surface area contributed by atoms with Gasteiger partial charge in [-0.3, -0.25) is 0 Å². The molecule has 0 fully saturated rings. The molecule has 0 aliphatic rings. The van der Waals surface area contributed by atoms with E-state index in [0.29, 0.717) is 5.41 Å². The highest BCUT2D eigenvalue weighted by atomic mass is 14.3. The minimum Gasteiger partial charge on any atom is -0.0776 e. The summed E-state index contributed by atoms with van der Waals surface area (Å²) in [6.45, 7) is 16.4. The monoisotopic (exact) mass is 200 g/mol. The summed E-state index contributed by atoms with van der Waals surface area (Å²) in [4.78, 5) is 0. The second kappa shape index (κ2) is 6.48. The van der Waals surface area contributed by atoms with E-state index in [1.165, 1.54) is 12.8 Å². The highest BCUT2D eigenvalue weighted by Crippen LogP contribution is 2.30. The largest absolute Gasteiger partial charge is 0.0776 e. The molecule has 0 heterocycles. The molecule has 0 unspecified atom stereocenters. The van der Waals surface area contributed by atoms with E-state index in [9.17, 15) is 0 Å². The smallest absolute Gasteiger partial charge is 0.0368 e. The van der Waals surface area contributed by atoms with Gasteiger partial charge in [-0.15, -0.1) is 0 Å². The van der Waals surface area contributed by atoms with E-state index in [-0.39, 0.29) is 7.43 Å². The fraction of sp³-hybridized carbons (Fsp3) is 1.00. The van der Waals surface area contributed by atoms with Crippen molar-refractivity contribution in [3.05, 3.63) is 0 Å². The summed E-state index contributed by atoms with van der Waals surface area (Å²) in [5.74, 6) is 2.57. The molecule has 0 aliphatic carbocycles. The first-order valence-electron chi connectivity index (χ1n) is 5.74. The highest BCUT2D eigenvalue weighted by Gasteiger charge is 2.20. The van der Waals surface area contributed by atoms with Gasteiger partial charge in [-0.1, -0.05) is 55.9 Å². The zero-order valence-electron chi connectivity index (χ0n) is 10.6. The second-order valence-corrected chi connectivity index (χ2v) is 6.25. The Kier molecular flexibility index (Phi) is 7.60. The molecule has 0 nitrogen and oxygen atoms in total. The third-order valence-electron chi connectivity index (χ3n) is 2.94. The topological polar surface area (TPSA) is 0 Å². The molecule has 88 valence electrons. The van der Waals surface area contributed by atoms with Crippen LogP contribution in [-0.4, -0.2) is 0 Å². The molecule has 0 atom stereocenters. The fourth-order valence-electron chi connectivity index (χ4n) is 2.04. The van der Waals surface area contributed by atoms with Gasteiger partial charge in [0.15, 0.2) is 0 Å². The van der Waals surface area contributed by atoms with Crippen LogP contribution in [0.2, 0.25) is 0 Å². The highest BCUT2D eigenvalue weighted by molar-refractivity contribution is 4.71. The second-order valence-electron chi connectivity index (χ2n) is 6.25. The molecule has 0 N–H and O–H groups in total. The summed E-state index contributed by atoms with van der Waals surface area (Å²) in [7, 11) is 0. The van der Waals surface area contributed by atoms with Gasteiger partial charge >= 0.3 is 0 Å². The normalized spacial score (nSPS) is 12.4. The lowest BCUT2D eigenvalue weighted by molar-refractivity contribution is 0.226. The van der Waals surface area contributed by atoms with E-state index in [1.807, 2.05) is 0 Å². The summed E-state index contributed by atoms with van der Waals surface area (Å²) in [5, 5.41) is 0. The molecule has 0 saturated heterocycles. The minimum atomic E-state index is 0. The Morgan fingerprint density at radius 2 is 1.21 bits per heavy atom. The van der Waals surface area contributed by atoms with Crippen molar-refractivity contribution in [2.75, 3.05) is 0 Å². The third-order valence-corrected chi connectivity index (χ3v) is 2.94. The minimum absolute atomic E-state index is 0. The predicted molar refractivity (Wildman–Crippen MR) is 68.6 cm³/mol. The molecule has 0 aromatic heterocycles. The lowest BCUT2D eigenvalue weighted by Gasteiger charge is -2.28. The van der Waals surface area contributed by atoms with E-state index >= 15 is 0 Å². The van der Waals surface area contributed by atoms with Crippen molar-refractivity contribution in [3.63, 3.8) is 0 Å². The zero-order valence-corrected chi connectivity index (χ0v) is 10.6. The van der Waals surface area contributed by atoms with Crippen molar-refractivity contribution in [1.82, 2.24) is 0 Å². The van der Waals surface area contributed by atoms with Gasteiger partial charge in [0.25, 0.3) is 0 Å². The van der Waals surface area contributed by atoms with Crippen LogP contribution in [0.15, 0.2) is 0 Å². The summed E-state index contributed by atoms with van der Waals surface area (Å²) in [6, 6.07) is 0. The van der Waals surface area contributed by atoms with Gasteiger partial charge in [0.05, 0.1) is 0 Å². The Morgan fingerprint density at radius 3 is 1.43 bits per heavy atom. The van der Waals surface area contributed by atoms with E-state index in [2.05, 4.69) is 48.5 Å². The van der Waals surface area contributed by atoms with Crippen molar-refractivity contribution in [2.45, 2.75) is 68.7 Å². The van der Waals surface area contributed by atoms with E-state index in [1.54, 1.807) is 0 Å². The van der Waals surface area contributed by atoms with Crippen LogP contribution < -0.4 is 0 Å². The molecule has 14 heavy (non-hydrogen) atoms. The molecule has 0 bridgehead atoms. The van der Waals surface area contributed by atoms with Crippen LogP contribution in [0, 0.1) is 23.2 Å². The zero-order chi connectivity index (χ0) is 10.6. The standard InChI is InChI=1S/C13H28.CH4/c1-10(2)12(11(3)4)8-9-13(5,6)7;/h10-12H,8-9H2,1-7H3;1H4. The van der Waals surface area contributed by atoms with Gasteiger partial charge in [0.1, 0.15) is 0 Å². The molecule has 0 saturated carbocycles. The Morgan fingerprint density at radius 1 is 0.857 bits per heavy atom. The summed E-state index contributed by atoms with van der Waals surface area (Å²) in [6.07, 6.45) is 2.74. The molecule has 0 amide bonds. The molecule has 0 aromatic rings. The maximum absolute atomic E-state index is 2.35. The van der Waals surface area contributed by atoms with Crippen molar-refractivity contribution in [3.8, 4) is 0 Å². The van der Waals surface area contributed by atoms with E-state index in [0.717, 1.165) is 17.8 Å². The Bertz CT molecular complexity index is 117. The predicted octanol–water partition coefficient (Wildman–Crippen LogP) is 5.38. The van der Waals surface area contributed by atoms with Crippen LogP contribution in [0.1, 0.15) is 68.7 Å². The maximum Gasteiger partial charge on any atom is -0.0368 e. The van der Waals surface area contributed by atoms with E-state index in [4.69, 9.17) is 0 Å². The number of rotatable bonds is 4. The molecule has 0 aromatic carbocycles. The van der Waals surface area contributed by atoms with Crippen molar-refractivity contribution in [2.24, 2.45) is 23.2 Å². The number of hydrogen-bond donors (Lipinski definition) is 0. The lowest BCUT2D eigenvalue weighted by atomic mass is 9.78. The summed E-state index contributed by atoms with van der Waals surface area (Å²) < 4.78 is 0. The average molecular weight is 200 g/mol. The molecule has 0 radical (unpaired) electrons. The van der Waals surface area contributed by atoms with Gasteiger partial charge in [-0.25, -0.2) is 0 Å². The van der Waals surface area contributed by atoms with Crippen LogP contribution in [0.4, 0.5) is 0 Å². The molecule has 0 spiro atoms. The summed E-state index contributed by atoms with van der Waals surface area (Å²) >= 11 is 0. The fourth-order valence-corrected chi connectivity index (χ4v) is 2.04. The van der Waals surface area contributed by atoms with Crippen LogP contribution in [-0.2, 0) is 0 Å².